The quantitative estimate of drug-likeness (QED) is 0.551. The average Bonchev–Trinajstić information content (AvgIpc) is 2.76. The number of halogens is 1. The molecule has 0 unspecified atom stereocenters. The average molecular weight is 474 g/mol. The molecule has 0 heterocycles. The second kappa shape index (κ2) is 9.58. The number of fused-ring (bicyclic) bond motifs is 3. The van der Waals surface area contributed by atoms with Crippen LogP contribution in [0.3, 0.4) is 0 Å². The lowest BCUT2D eigenvalue weighted by atomic mass is 10.0. The van der Waals surface area contributed by atoms with Crippen molar-refractivity contribution in [1.82, 2.24) is 0 Å². The van der Waals surface area contributed by atoms with Crippen molar-refractivity contribution in [2.45, 2.75) is 12.8 Å². The van der Waals surface area contributed by atoms with E-state index in [0.29, 0.717) is 11.4 Å². The van der Waals surface area contributed by atoms with Gasteiger partial charge in [-0.15, -0.1) is 0 Å². The maximum Gasteiger partial charge on any atom is 0.311 e. The SMILES string of the molecule is O=C(CCC(=O)OC1=C/C=C\C=c2\ccc3ccccc3\c2=C\1)Nc1ccc(Br)cc1. The summed E-state index contributed by atoms with van der Waals surface area (Å²) >= 11 is 3.35. The molecular formula is C26H20BrNO3. The number of esters is 1. The second-order valence-electron chi connectivity index (χ2n) is 7.08. The van der Waals surface area contributed by atoms with Crippen LogP contribution in [0.1, 0.15) is 12.8 Å². The number of benzene rings is 3. The van der Waals surface area contributed by atoms with Gasteiger partial charge in [-0.1, -0.05) is 70.6 Å². The van der Waals surface area contributed by atoms with E-state index in [-0.39, 0.29) is 18.7 Å². The normalized spacial score (nSPS) is 17.4. The van der Waals surface area contributed by atoms with E-state index in [9.17, 15) is 9.59 Å². The molecule has 0 atom stereocenters. The molecule has 0 spiro atoms. The van der Waals surface area contributed by atoms with Gasteiger partial charge in [0.25, 0.3) is 0 Å². The van der Waals surface area contributed by atoms with Gasteiger partial charge in [-0.25, -0.2) is 0 Å². The van der Waals surface area contributed by atoms with Crippen LogP contribution in [-0.4, -0.2) is 11.9 Å². The number of rotatable bonds is 5. The number of anilines is 1. The van der Waals surface area contributed by atoms with Gasteiger partial charge in [0.1, 0.15) is 5.76 Å². The number of carbonyl (C=O) groups excluding carboxylic acids is 2. The van der Waals surface area contributed by atoms with Crippen LogP contribution in [0.15, 0.2) is 89.1 Å². The Kier molecular flexibility index (Phi) is 6.43. The van der Waals surface area contributed by atoms with Crippen LogP contribution in [0.4, 0.5) is 5.69 Å². The fourth-order valence-electron chi connectivity index (χ4n) is 3.34. The van der Waals surface area contributed by atoms with Crippen LogP contribution in [-0.2, 0) is 14.3 Å². The number of allylic oxidation sites excluding steroid dienone is 4. The van der Waals surface area contributed by atoms with Crippen LogP contribution in [0.5, 0.6) is 0 Å². The van der Waals surface area contributed by atoms with Crippen molar-refractivity contribution < 1.29 is 14.3 Å². The number of ether oxygens (including phenoxy) is 1. The Hall–Kier alpha value is -3.44. The van der Waals surface area contributed by atoms with E-state index in [1.54, 1.807) is 18.2 Å². The fraction of sp³-hybridized carbons (Fsp3) is 0.0769. The predicted molar refractivity (Wildman–Crippen MR) is 127 cm³/mol. The van der Waals surface area contributed by atoms with Gasteiger partial charge in [0.05, 0.1) is 6.42 Å². The zero-order valence-corrected chi connectivity index (χ0v) is 18.3. The highest BCUT2D eigenvalue weighted by atomic mass is 79.9. The van der Waals surface area contributed by atoms with E-state index >= 15 is 0 Å². The molecular weight excluding hydrogens is 454 g/mol. The Morgan fingerprint density at radius 3 is 2.48 bits per heavy atom. The molecule has 3 aromatic rings. The van der Waals surface area contributed by atoms with Gasteiger partial charge in [-0.3, -0.25) is 9.59 Å². The molecule has 1 aliphatic rings. The zero-order chi connectivity index (χ0) is 21.6. The third kappa shape index (κ3) is 5.38. The lowest BCUT2D eigenvalue weighted by Gasteiger charge is -2.08. The van der Waals surface area contributed by atoms with E-state index in [1.807, 2.05) is 48.6 Å². The van der Waals surface area contributed by atoms with Crippen molar-refractivity contribution in [2.24, 2.45) is 0 Å². The molecule has 0 aliphatic heterocycles. The van der Waals surface area contributed by atoms with Crippen molar-refractivity contribution >= 4 is 56.4 Å². The molecule has 5 heteroatoms. The molecule has 1 amide bonds. The van der Waals surface area contributed by atoms with Crippen LogP contribution < -0.4 is 15.8 Å². The highest BCUT2D eigenvalue weighted by Crippen LogP contribution is 2.15. The van der Waals surface area contributed by atoms with Crippen LogP contribution in [0.2, 0.25) is 0 Å². The molecule has 3 aromatic carbocycles. The van der Waals surface area contributed by atoms with Crippen molar-refractivity contribution in [3.8, 4) is 0 Å². The zero-order valence-electron chi connectivity index (χ0n) is 16.7. The predicted octanol–water partition coefficient (Wildman–Crippen LogP) is 4.58. The first kappa shape index (κ1) is 20.8. The Labute approximate surface area is 188 Å². The summed E-state index contributed by atoms with van der Waals surface area (Å²) in [7, 11) is 0. The number of hydrogen-bond acceptors (Lipinski definition) is 3. The Balaban J connectivity index is 1.46. The molecule has 1 N–H and O–H groups in total. The molecule has 0 bridgehead atoms. The fourth-order valence-corrected chi connectivity index (χ4v) is 3.60. The van der Waals surface area contributed by atoms with Crippen LogP contribution in [0, 0.1) is 0 Å². The first-order valence-electron chi connectivity index (χ1n) is 9.93. The molecule has 4 rings (SSSR count). The maximum atomic E-state index is 12.4. The standard InChI is InChI=1S/C26H20BrNO3/c27-20-11-13-21(14-12-20)28-25(29)15-16-26(30)31-22-7-3-1-6-19-10-9-18-5-2-4-8-23(18)24(19)17-22/h1-14,17H,15-16H2,(H,28,29)/b3-1-,6-1?,7-3?,19-6-,22-7+,22-17?,24-17+. The Morgan fingerprint density at radius 2 is 1.65 bits per heavy atom. The van der Waals surface area contributed by atoms with Gasteiger partial charge < -0.3 is 10.1 Å². The van der Waals surface area contributed by atoms with E-state index in [1.165, 1.54) is 0 Å². The molecule has 0 saturated carbocycles. The number of hydrogen-bond donors (Lipinski definition) is 1. The van der Waals surface area contributed by atoms with Crippen molar-refractivity contribution in [3.05, 3.63) is 99.6 Å². The number of carbonyl (C=O) groups is 2. The van der Waals surface area contributed by atoms with Gasteiger partial charge in [0.15, 0.2) is 0 Å². The summed E-state index contributed by atoms with van der Waals surface area (Å²) in [5.74, 6) is -0.241. The minimum atomic E-state index is -0.451. The molecule has 0 aromatic heterocycles. The third-order valence-corrected chi connectivity index (χ3v) is 5.38. The van der Waals surface area contributed by atoms with Gasteiger partial charge in [-0.05, 0) is 57.6 Å². The van der Waals surface area contributed by atoms with E-state index in [2.05, 4.69) is 45.5 Å². The minimum absolute atomic E-state index is 0.00816. The molecule has 31 heavy (non-hydrogen) atoms. The first-order chi connectivity index (χ1) is 15.1. The molecule has 0 saturated heterocycles. The highest BCUT2D eigenvalue weighted by molar-refractivity contribution is 9.10. The summed E-state index contributed by atoms with van der Waals surface area (Å²) in [5, 5.41) is 7.02. The number of amides is 1. The summed E-state index contributed by atoms with van der Waals surface area (Å²) in [6, 6.07) is 19.5. The van der Waals surface area contributed by atoms with Gasteiger partial charge in [0, 0.05) is 16.6 Å². The van der Waals surface area contributed by atoms with Crippen molar-refractivity contribution in [3.63, 3.8) is 0 Å². The molecule has 1 aliphatic carbocycles. The van der Waals surface area contributed by atoms with Crippen LogP contribution in [0.25, 0.3) is 22.9 Å². The van der Waals surface area contributed by atoms with E-state index < -0.39 is 5.97 Å². The Morgan fingerprint density at radius 1 is 0.871 bits per heavy atom. The highest BCUT2D eigenvalue weighted by Gasteiger charge is 2.11. The molecule has 0 radical (unpaired) electrons. The smallest absolute Gasteiger partial charge is 0.311 e. The van der Waals surface area contributed by atoms with Crippen molar-refractivity contribution in [1.29, 1.82) is 0 Å². The molecule has 4 nitrogen and oxygen atoms in total. The summed E-state index contributed by atoms with van der Waals surface area (Å²) in [4.78, 5) is 24.5. The second-order valence-corrected chi connectivity index (χ2v) is 8.00. The van der Waals surface area contributed by atoms with Gasteiger partial charge in [-0.2, -0.15) is 0 Å². The third-order valence-electron chi connectivity index (χ3n) is 4.85. The summed E-state index contributed by atoms with van der Waals surface area (Å²) in [6.45, 7) is 0. The Bertz CT molecular complexity index is 1320. The largest absolute Gasteiger partial charge is 0.426 e. The monoisotopic (exact) mass is 473 g/mol. The first-order valence-corrected chi connectivity index (χ1v) is 10.7. The number of nitrogens with one attached hydrogen (secondary N) is 1. The lowest BCUT2D eigenvalue weighted by molar-refractivity contribution is -0.140. The van der Waals surface area contributed by atoms with Crippen LogP contribution >= 0.6 is 15.9 Å². The molecule has 0 fully saturated rings. The maximum absolute atomic E-state index is 12.4. The lowest BCUT2D eigenvalue weighted by Crippen LogP contribution is -2.26. The van der Waals surface area contributed by atoms with E-state index in [4.69, 9.17) is 4.74 Å². The minimum Gasteiger partial charge on any atom is -0.426 e. The van der Waals surface area contributed by atoms with Crippen molar-refractivity contribution in [2.75, 3.05) is 5.32 Å². The molecule has 154 valence electrons. The summed E-state index contributed by atoms with van der Waals surface area (Å²) in [6.07, 6.45) is 9.44. The van der Waals surface area contributed by atoms with E-state index in [0.717, 1.165) is 25.7 Å². The summed E-state index contributed by atoms with van der Waals surface area (Å²) in [5.41, 5.74) is 0.683. The van der Waals surface area contributed by atoms with Gasteiger partial charge in [0.2, 0.25) is 5.91 Å². The van der Waals surface area contributed by atoms with Gasteiger partial charge >= 0.3 is 5.97 Å². The summed E-state index contributed by atoms with van der Waals surface area (Å²) < 4.78 is 6.49. The topological polar surface area (TPSA) is 55.4 Å².